The number of carbonyl (C=O) groups is 3. The van der Waals surface area contributed by atoms with Crippen molar-refractivity contribution < 1.29 is 23.9 Å². The normalized spacial score (nSPS) is 17.1. The largest absolute Gasteiger partial charge is 0.481 e. The molecule has 0 bridgehead atoms. The summed E-state index contributed by atoms with van der Waals surface area (Å²) in [6.07, 6.45) is 1.52. The Labute approximate surface area is 196 Å². The molecule has 0 saturated carbocycles. The van der Waals surface area contributed by atoms with Gasteiger partial charge in [0.05, 0.1) is 6.42 Å². The highest BCUT2D eigenvalue weighted by Crippen LogP contribution is 2.42. The first kappa shape index (κ1) is 23.2. The Bertz CT molecular complexity index is 1260. The van der Waals surface area contributed by atoms with Crippen molar-refractivity contribution in [1.29, 1.82) is 0 Å². The van der Waals surface area contributed by atoms with Gasteiger partial charge in [-0.05, 0) is 66.3 Å². The van der Waals surface area contributed by atoms with E-state index in [4.69, 9.17) is 0 Å². The van der Waals surface area contributed by atoms with Crippen molar-refractivity contribution in [2.75, 3.05) is 10.6 Å². The van der Waals surface area contributed by atoms with Crippen LogP contribution in [0.25, 0.3) is 11.1 Å². The van der Waals surface area contributed by atoms with E-state index in [1.807, 2.05) is 31.2 Å². The highest BCUT2D eigenvalue weighted by Gasteiger charge is 2.42. The Morgan fingerprint density at radius 3 is 2.35 bits per heavy atom. The minimum Gasteiger partial charge on any atom is -0.481 e. The van der Waals surface area contributed by atoms with Crippen LogP contribution >= 0.6 is 0 Å². The number of amides is 2. The molecule has 1 aliphatic carbocycles. The first-order valence-corrected chi connectivity index (χ1v) is 11.1. The lowest BCUT2D eigenvalue weighted by Crippen LogP contribution is -2.37. The summed E-state index contributed by atoms with van der Waals surface area (Å²) >= 11 is 0. The molecule has 3 aromatic rings. The van der Waals surface area contributed by atoms with Gasteiger partial charge in [-0.25, -0.2) is 9.18 Å². The van der Waals surface area contributed by atoms with Gasteiger partial charge in [-0.2, -0.15) is 0 Å². The number of nitrogens with one attached hydrogen (secondary N) is 2. The van der Waals surface area contributed by atoms with Gasteiger partial charge in [-0.1, -0.05) is 43.3 Å². The number of aliphatic carboxylic acids is 1. The first-order valence-electron chi connectivity index (χ1n) is 11.1. The van der Waals surface area contributed by atoms with Crippen molar-refractivity contribution in [3.8, 4) is 11.1 Å². The van der Waals surface area contributed by atoms with Crippen molar-refractivity contribution in [2.45, 2.75) is 32.6 Å². The number of aryl methyl sites for hydroxylation is 1. The Balaban J connectivity index is 1.47. The van der Waals surface area contributed by atoms with Gasteiger partial charge in [0.1, 0.15) is 5.82 Å². The van der Waals surface area contributed by atoms with E-state index in [9.17, 15) is 23.9 Å². The van der Waals surface area contributed by atoms with Crippen molar-refractivity contribution in [3.05, 3.63) is 83.7 Å². The second kappa shape index (κ2) is 9.47. The van der Waals surface area contributed by atoms with Crippen LogP contribution in [0.15, 0.2) is 66.7 Å². The number of benzene rings is 3. The summed E-state index contributed by atoms with van der Waals surface area (Å²) in [5, 5.41) is 14.6. The van der Waals surface area contributed by atoms with Gasteiger partial charge in [0, 0.05) is 22.4 Å². The van der Waals surface area contributed by atoms with Crippen molar-refractivity contribution >= 4 is 29.2 Å². The molecule has 6 nitrogen and oxygen atoms in total. The van der Waals surface area contributed by atoms with E-state index in [0.29, 0.717) is 36.2 Å². The summed E-state index contributed by atoms with van der Waals surface area (Å²) in [6, 6.07) is 18.1. The molecule has 1 atom stereocenters. The number of hydrogen-bond acceptors (Lipinski definition) is 3. The van der Waals surface area contributed by atoms with E-state index in [1.54, 1.807) is 24.3 Å². The van der Waals surface area contributed by atoms with Crippen LogP contribution in [0.5, 0.6) is 0 Å². The van der Waals surface area contributed by atoms with Crippen molar-refractivity contribution in [3.63, 3.8) is 0 Å². The maximum absolute atomic E-state index is 13.3. The number of carboxylic acid groups (broad SMARTS) is 1. The van der Waals surface area contributed by atoms with E-state index in [2.05, 4.69) is 10.6 Å². The minimum absolute atomic E-state index is 0.0888. The van der Waals surface area contributed by atoms with Gasteiger partial charge >= 0.3 is 12.0 Å². The SMILES string of the molecule is CCC1(CC(=O)O)CCc2cc(-c3ccc(NC(=O)Nc4cccc(F)c4)cc3)ccc2C1=O. The molecular weight excluding hydrogens is 435 g/mol. The number of ketones is 1. The van der Waals surface area contributed by atoms with Gasteiger partial charge in [0.15, 0.2) is 5.78 Å². The van der Waals surface area contributed by atoms with Crippen LogP contribution in [0.1, 0.15) is 42.1 Å². The monoisotopic (exact) mass is 460 g/mol. The van der Waals surface area contributed by atoms with Crippen LogP contribution in [0.2, 0.25) is 0 Å². The summed E-state index contributed by atoms with van der Waals surface area (Å²) in [5.74, 6) is -1.47. The molecule has 1 aliphatic rings. The smallest absolute Gasteiger partial charge is 0.323 e. The zero-order valence-electron chi connectivity index (χ0n) is 18.7. The molecule has 0 aliphatic heterocycles. The zero-order chi connectivity index (χ0) is 24.3. The van der Waals surface area contributed by atoms with E-state index < -0.39 is 23.2 Å². The van der Waals surface area contributed by atoms with Gasteiger partial charge in [0.2, 0.25) is 0 Å². The fraction of sp³-hybridized carbons (Fsp3) is 0.222. The van der Waals surface area contributed by atoms with Crippen LogP contribution < -0.4 is 10.6 Å². The number of Topliss-reactive ketones (excluding diaryl/α,β-unsaturated/α-hetero) is 1. The number of hydrogen-bond donors (Lipinski definition) is 3. The number of fused-ring (bicyclic) bond motifs is 1. The third-order valence-corrected chi connectivity index (χ3v) is 6.43. The number of urea groups is 1. The number of rotatable bonds is 6. The van der Waals surface area contributed by atoms with Crippen LogP contribution in [-0.2, 0) is 11.2 Å². The second-order valence-corrected chi connectivity index (χ2v) is 8.57. The molecule has 0 spiro atoms. The molecule has 2 amide bonds. The molecule has 1 unspecified atom stereocenters. The average Bonchev–Trinajstić information content (AvgIpc) is 2.81. The lowest BCUT2D eigenvalue weighted by Gasteiger charge is -2.35. The molecule has 0 aromatic heterocycles. The summed E-state index contributed by atoms with van der Waals surface area (Å²) in [5.41, 5.74) is 3.48. The summed E-state index contributed by atoms with van der Waals surface area (Å²) in [6.45, 7) is 1.87. The maximum Gasteiger partial charge on any atom is 0.323 e. The van der Waals surface area contributed by atoms with Gasteiger partial charge < -0.3 is 15.7 Å². The lowest BCUT2D eigenvalue weighted by molar-refractivity contribution is -0.139. The quantitative estimate of drug-likeness (QED) is 0.412. The van der Waals surface area contributed by atoms with E-state index in [0.717, 1.165) is 16.7 Å². The third-order valence-electron chi connectivity index (χ3n) is 6.43. The van der Waals surface area contributed by atoms with Crippen LogP contribution in [0, 0.1) is 11.2 Å². The van der Waals surface area contributed by atoms with E-state index in [1.165, 1.54) is 18.2 Å². The highest BCUT2D eigenvalue weighted by molar-refractivity contribution is 6.04. The van der Waals surface area contributed by atoms with Gasteiger partial charge in [-0.15, -0.1) is 0 Å². The molecule has 0 fully saturated rings. The Kier molecular flexibility index (Phi) is 6.45. The number of halogens is 1. The Morgan fingerprint density at radius 2 is 1.68 bits per heavy atom. The third kappa shape index (κ3) is 4.83. The summed E-state index contributed by atoms with van der Waals surface area (Å²) in [7, 11) is 0. The molecule has 0 radical (unpaired) electrons. The first-order chi connectivity index (χ1) is 16.3. The Morgan fingerprint density at radius 1 is 0.971 bits per heavy atom. The molecular formula is C27H25FN2O4. The summed E-state index contributed by atoms with van der Waals surface area (Å²) in [4.78, 5) is 36.6. The van der Waals surface area contributed by atoms with Crippen LogP contribution in [0.3, 0.4) is 0 Å². The molecule has 3 aromatic carbocycles. The topological polar surface area (TPSA) is 95.5 Å². The number of carboxylic acids is 1. The molecule has 34 heavy (non-hydrogen) atoms. The minimum atomic E-state index is -0.950. The second-order valence-electron chi connectivity index (χ2n) is 8.57. The lowest BCUT2D eigenvalue weighted by atomic mass is 9.67. The highest BCUT2D eigenvalue weighted by atomic mass is 19.1. The maximum atomic E-state index is 13.3. The Hall–Kier alpha value is -4.00. The van der Waals surface area contributed by atoms with Crippen LogP contribution in [0.4, 0.5) is 20.6 Å². The fourth-order valence-corrected chi connectivity index (χ4v) is 4.50. The number of anilines is 2. The number of carbonyl (C=O) groups excluding carboxylic acids is 2. The molecule has 7 heteroatoms. The molecule has 174 valence electrons. The predicted octanol–water partition coefficient (Wildman–Crippen LogP) is 6.14. The van der Waals surface area contributed by atoms with Gasteiger partial charge in [0.25, 0.3) is 0 Å². The van der Waals surface area contributed by atoms with E-state index in [-0.39, 0.29) is 12.2 Å². The summed E-state index contributed by atoms with van der Waals surface area (Å²) < 4.78 is 13.3. The molecule has 4 rings (SSSR count). The van der Waals surface area contributed by atoms with E-state index >= 15 is 0 Å². The fourth-order valence-electron chi connectivity index (χ4n) is 4.50. The molecule has 0 heterocycles. The van der Waals surface area contributed by atoms with Crippen molar-refractivity contribution in [2.24, 2.45) is 5.41 Å². The average molecular weight is 461 g/mol. The van der Waals surface area contributed by atoms with Crippen molar-refractivity contribution in [1.82, 2.24) is 0 Å². The standard InChI is InChI=1S/C27H25FN2O4/c1-2-27(16-24(31)32)13-12-19-14-18(8-11-23(19)25(27)33)17-6-9-21(10-7-17)29-26(34)30-22-5-3-4-20(28)15-22/h3-11,14-15H,2,12-13,16H2,1H3,(H,31,32)(H2,29,30,34). The molecule has 3 N–H and O–H groups in total. The predicted molar refractivity (Wildman–Crippen MR) is 129 cm³/mol. The van der Waals surface area contributed by atoms with Crippen LogP contribution in [-0.4, -0.2) is 22.9 Å². The van der Waals surface area contributed by atoms with Gasteiger partial charge in [-0.3, -0.25) is 9.59 Å². The molecule has 0 saturated heterocycles. The zero-order valence-corrected chi connectivity index (χ0v) is 18.7.